The van der Waals surface area contributed by atoms with Crippen LogP contribution in [0, 0.1) is 17.7 Å². The van der Waals surface area contributed by atoms with Crippen LogP contribution in [-0.2, 0) is 14.4 Å². The normalized spacial score (nSPS) is 20.7. The van der Waals surface area contributed by atoms with Gasteiger partial charge in [0.2, 0.25) is 11.8 Å². The lowest BCUT2D eigenvalue weighted by atomic mass is 9.76. The van der Waals surface area contributed by atoms with Crippen LogP contribution in [-0.4, -0.2) is 84.8 Å². The molecule has 1 aliphatic heterocycles. The topological polar surface area (TPSA) is 137 Å². The fourth-order valence-electron chi connectivity index (χ4n) is 5.83. The van der Waals surface area contributed by atoms with E-state index in [0.717, 1.165) is 25.3 Å². The Balaban J connectivity index is 1.52. The zero-order chi connectivity index (χ0) is 30.6. The predicted molar refractivity (Wildman–Crippen MR) is 150 cm³/mol. The molecule has 1 heterocycles. The summed E-state index contributed by atoms with van der Waals surface area (Å²) in [5.41, 5.74) is 5.00. The molecule has 1 aromatic carbocycles. The number of nitrogens with zero attached hydrogens (tertiary/aromatic N) is 2. The molecule has 4 rings (SSSR count). The molecule has 5 N–H and O–H groups in total. The van der Waals surface area contributed by atoms with Crippen LogP contribution >= 0.6 is 0 Å². The van der Waals surface area contributed by atoms with Crippen molar-refractivity contribution in [2.45, 2.75) is 75.8 Å². The highest BCUT2D eigenvalue weighted by Crippen LogP contribution is 2.40. The van der Waals surface area contributed by atoms with Crippen molar-refractivity contribution in [2.24, 2.45) is 17.6 Å². The maximum absolute atomic E-state index is 15.3. The number of carbonyl (C=O) groups excluding carboxylic acids is 4. The van der Waals surface area contributed by atoms with Crippen LogP contribution in [0.1, 0.15) is 63.4 Å². The quantitative estimate of drug-likeness (QED) is 0.330. The molecule has 2 aliphatic carbocycles. The van der Waals surface area contributed by atoms with Gasteiger partial charge in [0.1, 0.15) is 17.8 Å². The van der Waals surface area contributed by atoms with Gasteiger partial charge in [-0.3, -0.25) is 14.4 Å². The van der Waals surface area contributed by atoms with Crippen LogP contribution in [0.5, 0.6) is 0 Å². The van der Waals surface area contributed by atoms with Crippen LogP contribution in [0.2, 0.25) is 0 Å². The summed E-state index contributed by atoms with van der Waals surface area (Å²) in [6.45, 7) is 4.03. The van der Waals surface area contributed by atoms with Crippen LogP contribution < -0.4 is 21.7 Å². The standard InChI is InChI=1S/C29H41F3N6O4/c1-17(24(36-28(42)34-20-9-10-20)26(40)38-14-12-37(2)13-15-38)19-8-11-22(21(30)16-19)35-25(39)23(29(31,32)27(33)41)18-6-4-3-5-7-18/h8,11,16-18,20,23-24H,3-7,9-10,12-15H2,1-2H3,(H2,33,41)(H,35,39)(H2,34,36,42)/t17-,23-,24+/m0/s1. The Labute approximate surface area is 243 Å². The molecule has 3 atom stereocenters. The molecule has 1 saturated heterocycles. The number of anilines is 1. The van der Waals surface area contributed by atoms with Crippen molar-refractivity contribution in [1.29, 1.82) is 0 Å². The van der Waals surface area contributed by atoms with E-state index in [-0.39, 0.29) is 17.6 Å². The minimum Gasteiger partial charge on any atom is -0.364 e. The molecule has 0 unspecified atom stereocenters. The monoisotopic (exact) mass is 594 g/mol. The van der Waals surface area contributed by atoms with Crippen molar-refractivity contribution in [1.82, 2.24) is 20.4 Å². The third-order valence-electron chi connectivity index (χ3n) is 8.68. The first-order valence-corrected chi connectivity index (χ1v) is 14.7. The molecule has 2 saturated carbocycles. The highest BCUT2D eigenvalue weighted by Gasteiger charge is 2.53. The largest absolute Gasteiger partial charge is 0.364 e. The van der Waals surface area contributed by atoms with E-state index in [0.29, 0.717) is 57.4 Å². The van der Waals surface area contributed by atoms with E-state index in [1.165, 1.54) is 12.1 Å². The number of nitrogens with one attached hydrogen (secondary N) is 3. The third-order valence-corrected chi connectivity index (χ3v) is 8.68. The zero-order valence-corrected chi connectivity index (χ0v) is 24.1. The minimum absolute atomic E-state index is 0.0689. The first kappa shape index (κ1) is 31.6. The maximum Gasteiger partial charge on any atom is 0.336 e. The summed E-state index contributed by atoms with van der Waals surface area (Å²) in [5.74, 6) is -11.8. The number of halogens is 3. The van der Waals surface area contributed by atoms with Gasteiger partial charge >= 0.3 is 12.0 Å². The first-order valence-electron chi connectivity index (χ1n) is 14.7. The van der Waals surface area contributed by atoms with Crippen molar-refractivity contribution in [3.05, 3.63) is 29.6 Å². The molecule has 1 aromatic rings. The Morgan fingerprint density at radius 3 is 2.21 bits per heavy atom. The van der Waals surface area contributed by atoms with Gasteiger partial charge < -0.3 is 31.5 Å². The van der Waals surface area contributed by atoms with Gasteiger partial charge in [-0.15, -0.1) is 0 Å². The van der Waals surface area contributed by atoms with Crippen molar-refractivity contribution < 1.29 is 32.3 Å². The van der Waals surface area contributed by atoms with Gasteiger partial charge in [0.25, 0.3) is 5.91 Å². The average Bonchev–Trinajstić information content (AvgIpc) is 3.77. The summed E-state index contributed by atoms with van der Waals surface area (Å²) in [6.07, 6.45) is 4.54. The molecule has 10 nitrogen and oxygen atoms in total. The van der Waals surface area contributed by atoms with Crippen molar-refractivity contribution in [3.63, 3.8) is 0 Å². The minimum atomic E-state index is -4.10. The van der Waals surface area contributed by atoms with Crippen LogP contribution in [0.4, 0.5) is 23.7 Å². The molecule has 0 spiro atoms. The number of amides is 5. The Morgan fingerprint density at radius 1 is 1.00 bits per heavy atom. The number of alkyl halides is 2. The second-order valence-corrected chi connectivity index (χ2v) is 11.9. The SMILES string of the molecule is C[C@@H](c1ccc(NC(=O)[C@H](C2CCCCC2)C(F)(F)C(N)=O)c(F)c1)[C@@H](NC(=O)NC1CC1)C(=O)N1CCN(C)CC1. The van der Waals surface area contributed by atoms with E-state index in [1.807, 2.05) is 7.05 Å². The van der Waals surface area contributed by atoms with E-state index in [1.54, 1.807) is 11.8 Å². The van der Waals surface area contributed by atoms with Gasteiger partial charge in [-0.1, -0.05) is 32.3 Å². The lowest BCUT2D eigenvalue weighted by molar-refractivity contribution is -0.161. The summed E-state index contributed by atoms with van der Waals surface area (Å²) in [4.78, 5) is 54.6. The number of urea groups is 1. The number of piperazine rings is 1. The van der Waals surface area contributed by atoms with Crippen molar-refractivity contribution >= 4 is 29.4 Å². The summed E-state index contributed by atoms with van der Waals surface area (Å²) in [6, 6.07) is 2.44. The van der Waals surface area contributed by atoms with E-state index in [9.17, 15) is 28.0 Å². The molecule has 0 aromatic heterocycles. The number of benzene rings is 1. The maximum atomic E-state index is 15.3. The fourth-order valence-corrected chi connectivity index (χ4v) is 5.83. The number of carbonyl (C=O) groups is 4. The smallest absolute Gasteiger partial charge is 0.336 e. The Hall–Kier alpha value is -3.35. The first-order chi connectivity index (χ1) is 19.9. The average molecular weight is 595 g/mol. The lowest BCUT2D eigenvalue weighted by Gasteiger charge is -2.36. The summed E-state index contributed by atoms with van der Waals surface area (Å²) >= 11 is 0. The molecule has 3 fully saturated rings. The zero-order valence-electron chi connectivity index (χ0n) is 24.1. The molecule has 0 radical (unpaired) electrons. The number of rotatable bonds is 10. The number of hydrogen-bond acceptors (Lipinski definition) is 5. The van der Waals surface area contributed by atoms with Crippen LogP contribution in [0.15, 0.2) is 18.2 Å². The van der Waals surface area contributed by atoms with Gasteiger partial charge in [0.05, 0.1) is 5.69 Å². The molecule has 232 valence electrons. The predicted octanol–water partition coefficient (Wildman–Crippen LogP) is 2.79. The summed E-state index contributed by atoms with van der Waals surface area (Å²) in [5, 5.41) is 7.82. The van der Waals surface area contributed by atoms with E-state index in [2.05, 4.69) is 20.9 Å². The highest BCUT2D eigenvalue weighted by atomic mass is 19.3. The lowest BCUT2D eigenvalue weighted by Crippen LogP contribution is -2.57. The van der Waals surface area contributed by atoms with Gasteiger partial charge in [0.15, 0.2) is 0 Å². The van der Waals surface area contributed by atoms with Crippen LogP contribution in [0.3, 0.4) is 0 Å². The van der Waals surface area contributed by atoms with Gasteiger partial charge in [-0.25, -0.2) is 9.18 Å². The number of primary amides is 1. The summed E-state index contributed by atoms with van der Waals surface area (Å²) in [7, 11) is 1.96. The second-order valence-electron chi connectivity index (χ2n) is 11.9. The highest BCUT2D eigenvalue weighted by molar-refractivity contribution is 5.98. The molecule has 42 heavy (non-hydrogen) atoms. The molecular formula is C29H41F3N6O4. The molecule has 0 bridgehead atoms. The van der Waals surface area contributed by atoms with E-state index >= 15 is 4.39 Å². The van der Waals surface area contributed by atoms with Gasteiger partial charge in [0, 0.05) is 38.1 Å². The summed E-state index contributed by atoms with van der Waals surface area (Å²) < 4.78 is 45.0. The third kappa shape index (κ3) is 7.53. The number of nitrogens with two attached hydrogens (primary N) is 1. The Bertz CT molecular complexity index is 1170. The van der Waals surface area contributed by atoms with Crippen molar-refractivity contribution in [3.8, 4) is 0 Å². The molecular weight excluding hydrogens is 553 g/mol. The number of hydrogen-bond donors (Lipinski definition) is 4. The molecule has 3 aliphatic rings. The van der Waals surface area contributed by atoms with Crippen LogP contribution in [0.25, 0.3) is 0 Å². The molecule has 13 heteroatoms. The molecule has 5 amide bonds. The fraction of sp³-hybridized carbons (Fsp3) is 0.655. The second kappa shape index (κ2) is 13.3. The van der Waals surface area contributed by atoms with Crippen molar-refractivity contribution in [2.75, 3.05) is 38.5 Å². The van der Waals surface area contributed by atoms with Gasteiger partial charge in [-0.05, 0) is 56.3 Å². The van der Waals surface area contributed by atoms with Gasteiger partial charge in [-0.2, -0.15) is 8.78 Å². The van der Waals surface area contributed by atoms with E-state index < -0.39 is 53.4 Å². The number of likely N-dealkylation sites (N-methyl/N-ethyl adjacent to an activating group) is 1. The van der Waals surface area contributed by atoms with E-state index in [4.69, 9.17) is 5.73 Å². The Kier molecular flexibility index (Phi) is 10.0. The Morgan fingerprint density at radius 2 is 1.64 bits per heavy atom.